The molecule has 3 nitrogen and oxygen atoms in total. The summed E-state index contributed by atoms with van der Waals surface area (Å²) >= 11 is 0. The van der Waals surface area contributed by atoms with Crippen molar-refractivity contribution in [3.63, 3.8) is 0 Å². The molecule has 0 aliphatic rings. The number of alkyl halides is 3. The summed E-state index contributed by atoms with van der Waals surface area (Å²) in [4.78, 5) is 14.2. The van der Waals surface area contributed by atoms with E-state index in [1.165, 1.54) is 17.7 Å². The predicted molar refractivity (Wildman–Crippen MR) is 95.8 cm³/mol. The third kappa shape index (κ3) is 6.19. The first-order valence-corrected chi connectivity index (χ1v) is 8.39. The lowest BCUT2D eigenvalue weighted by molar-refractivity contribution is -0.137. The topological polar surface area (TPSA) is 32.3 Å². The Morgan fingerprint density at radius 1 is 1.04 bits per heavy atom. The van der Waals surface area contributed by atoms with E-state index < -0.39 is 11.7 Å². The van der Waals surface area contributed by atoms with Crippen molar-refractivity contribution in [3.8, 4) is 0 Å². The summed E-state index contributed by atoms with van der Waals surface area (Å²) in [6, 6.07) is 14.9. The quantitative estimate of drug-likeness (QED) is 0.815. The van der Waals surface area contributed by atoms with Crippen molar-refractivity contribution >= 4 is 5.91 Å². The summed E-state index contributed by atoms with van der Waals surface area (Å²) in [6.45, 7) is 0.430. The third-order valence-corrected chi connectivity index (χ3v) is 4.20. The van der Waals surface area contributed by atoms with Crippen LogP contribution in [0, 0.1) is 0 Å². The van der Waals surface area contributed by atoms with E-state index in [9.17, 15) is 18.0 Å². The van der Waals surface area contributed by atoms with Gasteiger partial charge < -0.3 is 10.2 Å². The van der Waals surface area contributed by atoms with E-state index >= 15 is 0 Å². The lowest BCUT2D eigenvalue weighted by Crippen LogP contribution is -2.42. The highest BCUT2D eigenvalue weighted by Crippen LogP contribution is 2.29. The molecule has 26 heavy (non-hydrogen) atoms. The van der Waals surface area contributed by atoms with E-state index in [-0.39, 0.29) is 18.4 Å². The molecule has 1 unspecified atom stereocenters. The molecule has 0 radical (unpaired) electrons. The number of nitrogens with one attached hydrogen (secondary N) is 1. The van der Waals surface area contributed by atoms with Crippen LogP contribution in [-0.2, 0) is 23.8 Å². The van der Waals surface area contributed by atoms with E-state index in [4.69, 9.17) is 0 Å². The summed E-state index contributed by atoms with van der Waals surface area (Å²) in [6.07, 6.45) is -3.70. The van der Waals surface area contributed by atoms with Gasteiger partial charge >= 0.3 is 6.18 Å². The molecule has 140 valence electrons. The maximum Gasteiger partial charge on any atom is 0.416 e. The minimum atomic E-state index is -4.40. The molecule has 0 saturated heterocycles. The summed E-state index contributed by atoms with van der Waals surface area (Å²) in [5, 5.41) is 2.83. The van der Waals surface area contributed by atoms with Crippen LogP contribution in [0.3, 0.4) is 0 Å². The number of nitrogens with zero attached hydrogens (tertiary/aromatic N) is 1. The van der Waals surface area contributed by atoms with Gasteiger partial charge in [-0.3, -0.25) is 4.79 Å². The van der Waals surface area contributed by atoms with Gasteiger partial charge in [0.15, 0.2) is 0 Å². The highest BCUT2D eigenvalue weighted by atomic mass is 19.4. The summed E-state index contributed by atoms with van der Waals surface area (Å²) in [7, 11) is 3.87. The Hall–Kier alpha value is -2.34. The molecule has 0 saturated carbocycles. The molecule has 0 spiro atoms. The molecule has 1 amide bonds. The molecule has 6 heteroatoms. The van der Waals surface area contributed by atoms with Gasteiger partial charge in [0.2, 0.25) is 5.91 Å². The molecule has 0 heterocycles. The molecule has 2 aromatic carbocycles. The van der Waals surface area contributed by atoms with Gasteiger partial charge in [0, 0.05) is 12.6 Å². The monoisotopic (exact) mass is 364 g/mol. The minimum absolute atomic E-state index is 0.0740. The van der Waals surface area contributed by atoms with Crippen molar-refractivity contribution in [2.45, 2.75) is 25.1 Å². The molecular formula is C20H23F3N2O. The molecule has 0 aliphatic heterocycles. The number of amides is 1. The average Bonchev–Trinajstić information content (AvgIpc) is 2.58. The van der Waals surface area contributed by atoms with E-state index in [1.807, 2.05) is 49.3 Å². The zero-order chi connectivity index (χ0) is 19.2. The van der Waals surface area contributed by atoms with Crippen LogP contribution in [0.2, 0.25) is 0 Å². The van der Waals surface area contributed by atoms with Crippen LogP contribution in [0.4, 0.5) is 13.2 Å². The third-order valence-electron chi connectivity index (χ3n) is 4.20. The first-order valence-electron chi connectivity index (χ1n) is 8.39. The molecule has 0 fully saturated rings. The Bertz CT molecular complexity index is 714. The Morgan fingerprint density at radius 2 is 1.69 bits per heavy atom. The highest BCUT2D eigenvalue weighted by molar-refractivity contribution is 5.78. The zero-order valence-corrected chi connectivity index (χ0v) is 14.9. The number of halogens is 3. The summed E-state index contributed by atoms with van der Waals surface area (Å²) < 4.78 is 38.2. The van der Waals surface area contributed by atoms with Gasteiger partial charge in [-0.2, -0.15) is 13.2 Å². The van der Waals surface area contributed by atoms with Gasteiger partial charge in [0.25, 0.3) is 0 Å². The van der Waals surface area contributed by atoms with Crippen molar-refractivity contribution in [3.05, 3.63) is 71.3 Å². The van der Waals surface area contributed by atoms with Gasteiger partial charge in [-0.15, -0.1) is 0 Å². The van der Waals surface area contributed by atoms with Crippen molar-refractivity contribution in [1.29, 1.82) is 0 Å². The summed E-state index contributed by atoms with van der Waals surface area (Å²) in [5.41, 5.74) is 0.776. The van der Waals surface area contributed by atoms with E-state index in [1.54, 1.807) is 0 Å². The fraction of sp³-hybridized carbons (Fsp3) is 0.350. The Morgan fingerprint density at radius 3 is 2.31 bits per heavy atom. The Labute approximate surface area is 151 Å². The van der Waals surface area contributed by atoms with Gasteiger partial charge in [-0.1, -0.05) is 48.5 Å². The van der Waals surface area contributed by atoms with Gasteiger partial charge in [-0.05, 0) is 37.7 Å². The number of carbonyl (C=O) groups is 1. The standard InChI is InChI=1S/C20H23F3N2O/c1-25(2)18(12-15-7-4-3-5-8-15)14-24-19(26)13-16-9-6-10-17(11-16)20(21,22)23/h3-11,18H,12-14H2,1-2H3,(H,24,26). The number of rotatable bonds is 7. The van der Waals surface area contributed by atoms with E-state index in [2.05, 4.69) is 5.32 Å². The van der Waals surface area contributed by atoms with Crippen LogP contribution in [0.25, 0.3) is 0 Å². The molecule has 0 aromatic heterocycles. The highest BCUT2D eigenvalue weighted by Gasteiger charge is 2.30. The molecule has 2 rings (SSSR count). The van der Waals surface area contributed by atoms with Crippen LogP contribution in [0.5, 0.6) is 0 Å². The molecule has 1 N–H and O–H groups in total. The van der Waals surface area contributed by atoms with Gasteiger partial charge in [0.05, 0.1) is 12.0 Å². The smallest absolute Gasteiger partial charge is 0.354 e. The van der Waals surface area contributed by atoms with Crippen molar-refractivity contribution in [2.75, 3.05) is 20.6 Å². The maximum absolute atomic E-state index is 12.7. The van der Waals surface area contributed by atoms with Crippen LogP contribution < -0.4 is 5.32 Å². The van der Waals surface area contributed by atoms with Crippen molar-refractivity contribution in [2.24, 2.45) is 0 Å². The molecule has 2 aromatic rings. The SMILES string of the molecule is CN(C)C(CNC(=O)Cc1cccc(C(F)(F)F)c1)Cc1ccccc1. The molecular weight excluding hydrogens is 341 g/mol. The van der Waals surface area contributed by atoms with Gasteiger partial charge in [-0.25, -0.2) is 0 Å². The van der Waals surface area contributed by atoms with Crippen LogP contribution >= 0.6 is 0 Å². The predicted octanol–water partition coefficient (Wildman–Crippen LogP) is 3.54. The number of hydrogen-bond acceptors (Lipinski definition) is 2. The fourth-order valence-electron chi connectivity index (χ4n) is 2.66. The first kappa shape index (κ1) is 20.0. The Kier molecular flexibility index (Phi) is 6.80. The van der Waals surface area contributed by atoms with Crippen molar-refractivity contribution < 1.29 is 18.0 Å². The number of hydrogen-bond donors (Lipinski definition) is 1. The minimum Gasteiger partial charge on any atom is -0.354 e. The molecule has 0 bridgehead atoms. The Balaban J connectivity index is 1.92. The van der Waals surface area contributed by atoms with Gasteiger partial charge in [0.1, 0.15) is 0 Å². The fourth-order valence-corrected chi connectivity index (χ4v) is 2.66. The maximum atomic E-state index is 12.7. The van der Waals surface area contributed by atoms with Crippen LogP contribution in [0.1, 0.15) is 16.7 Å². The molecule has 0 aliphatic carbocycles. The lowest BCUT2D eigenvalue weighted by Gasteiger charge is -2.25. The second kappa shape index (κ2) is 8.85. The second-order valence-electron chi connectivity index (χ2n) is 6.49. The number of benzene rings is 2. The molecule has 1 atom stereocenters. The van der Waals surface area contributed by atoms with Crippen LogP contribution in [-0.4, -0.2) is 37.5 Å². The normalized spacial score (nSPS) is 12.8. The lowest BCUT2D eigenvalue weighted by atomic mass is 10.0. The van der Waals surface area contributed by atoms with Crippen LogP contribution in [0.15, 0.2) is 54.6 Å². The van der Waals surface area contributed by atoms with Crippen molar-refractivity contribution in [1.82, 2.24) is 10.2 Å². The number of likely N-dealkylation sites (N-methyl/N-ethyl adjacent to an activating group) is 1. The average molecular weight is 364 g/mol. The first-order chi connectivity index (χ1) is 12.3. The van der Waals surface area contributed by atoms with E-state index in [0.29, 0.717) is 12.1 Å². The zero-order valence-electron chi connectivity index (χ0n) is 14.9. The summed E-state index contributed by atoms with van der Waals surface area (Å²) in [5.74, 6) is -0.288. The van der Waals surface area contributed by atoms with E-state index in [0.717, 1.165) is 18.6 Å². The second-order valence-corrected chi connectivity index (χ2v) is 6.49. The largest absolute Gasteiger partial charge is 0.416 e. The number of carbonyl (C=O) groups excluding carboxylic acids is 1.